The van der Waals surface area contributed by atoms with Crippen molar-refractivity contribution >= 4 is 11.9 Å². The summed E-state index contributed by atoms with van der Waals surface area (Å²) in [6, 6.07) is 0. The van der Waals surface area contributed by atoms with E-state index in [1.165, 1.54) is 0 Å². The minimum absolute atomic E-state index is 0.150. The molecule has 0 rings (SSSR count). The first-order valence-corrected chi connectivity index (χ1v) is 5.97. The van der Waals surface area contributed by atoms with Crippen LogP contribution in [0.3, 0.4) is 0 Å². The van der Waals surface area contributed by atoms with Crippen LogP contribution in [0, 0.1) is 10.8 Å². The van der Waals surface area contributed by atoms with E-state index in [0.717, 1.165) is 0 Å². The molecule has 0 spiro atoms. The van der Waals surface area contributed by atoms with E-state index in [-0.39, 0.29) is 19.0 Å². The molecular formula is C12H24N2O3. The molecule has 0 unspecified atom stereocenters. The van der Waals surface area contributed by atoms with E-state index in [1.807, 2.05) is 13.8 Å². The van der Waals surface area contributed by atoms with Crippen LogP contribution < -0.4 is 11.1 Å². The van der Waals surface area contributed by atoms with E-state index in [9.17, 15) is 14.7 Å². The lowest BCUT2D eigenvalue weighted by molar-refractivity contribution is -0.149. The number of carbonyl (C=O) groups is 2. The third kappa shape index (κ3) is 3.70. The zero-order valence-electron chi connectivity index (χ0n) is 11.2. The van der Waals surface area contributed by atoms with Crippen molar-refractivity contribution in [3.63, 3.8) is 0 Å². The number of rotatable bonds is 7. The number of carbonyl (C=O) groups excluding carboxylic acids is 1. The Kier molecular flexibility index (Phi) is 5.61. The average molecular weight is 244 g/mol. The van der Waals surface area contributed by atoms with E-state index in [4.69, 9.17) is 5.73 Å². The van der Waals surface area contributed by atoms with E-state index in [0.29, 0.717) is 12.8 Å². The molecule has 0 heterocycles. The number of nitrogens with one attached hydrogen (secondary N) is 1. The van der Waals surface area contributed by atoms with Crippen molar-refractivity contribution in [1.29, 1.82) is 0 Å². The second-order valence-corrected chi connectivity index (χ2v) is 5.06. The third-order valence-corrected chi connectivity index (χ3v) is 3.52. The summed E-state index contributed by atoms with van der Waals surface area (Å²) >= 11 is 0. The molecule has 0 radical (unpaired) electrons. The lowest BCUT2D eigenvalue weighted by Gasteiger charge is -2.29. The van der Waals surface area contributed by atoms with Crippen LogP contribution >= 0.6 is 0 Å². The summed E-state index contributed by atoms with van der Waals surface area (Å²) in [7, 11) is 0. The molecule has 0 aliphatic heterocycles. The lowest BCUT2D eigenvalue weighted by atomic mass is 9.82. The van der Waals surface area contributed by atoms with Crippen LogP contribution in [0.2, 0.25) is 0 Å². The third-order valence-electron chi connectivity index (χ3n) is 3.52. The van der Waals surface area contributed by atoms with E-state index in [1.54, 1.807) is 13.8 Å². The monoisotopic (exact) mass is 244 g/mol. The van der Waals surface area contributed by atoms with Crippen LogP contribution in [-0.4, -0.2) is 30.1 Å². The summed E-state index contributed by atoms with van der Waals surface area (Å²) in [6.07, 6.45) is 0.977. The molecule has 0 aromatic rings. The van der Waals surface area contributed by atoms with Gasteiger partial charge in [-0.15, -0.1) is 0 Å². The van der Waals surface area contributed by atoms with E-state index >= 15 is 0 Å². The van der Waals surface area contributed by atoms with Crippen molar-refractivity contribution in [3.05, 3.63) is 0 Å². The minimum atomic E-state index is -0.875. The Morgan fingerprint density at radius 2 is 1.71 bits per heavy atom. The van der Waals surface area contributed by atoms with Crippen LogP contribution in [0.25, 0.3) is 0 Å². The Balaban J connectivity index is 4.63. The molecule has 0 bridgehead atoms. The highest BCUT2D eigenvalue weighted by atomic mass is 16.4. The van der Waals surface area contributed by atoms with Crippen LogP contribution in [0.1, 0.15) is 40.5 Å². The van der Waals surface area contributed by atoms with Gasteiger partial charge in [0, 0.05) is 13.1 Å². The van der Waals surface area contributed by atoms with E-state index < -0.39 is 16.8 Å². The highest BCUT2D eigenvalue weighted by molar-refractivity contribution is 5.83. The number of amides is 1. The van der Waals surface area contributed by atoms with Gasteiger partial charge in [0.15, 0.2) is 0 Å². The maximum absolute atomic E-state index is 11.8. The molecule has 0 aromatic carbocycles. The maximum atomic E-state index is 11.8. The van der Waals surface area contributed by atoms with Gasteiger partial charge in [-0.05, 0) is 26.7 Å². The van der Waals surface area contributed by atoms with Crippen molar-refractivity contribution in [2.24, 2.45) is 16.6 Å². The van der Waals surface area contributed by atoms with Crippen LogP contribution in [-0.2, 0) is 9.59 Å². The molecule has 17 heavy (non-hydrogen) atoms. The van der Waals surface area contributed by atoms with Crippen LogP contribution in [0.5, 0.6) is 0 Å². The van der Waals surface area contributed by atoms with Crippen LogP contribution in [0.15, 0.2) is 0 Å². The van der Waals surface area contributed by atoms with Crippen molar-refractivity contribution in [3.8, 4) is 0 Å². The zero-order chi connectivity index (χ0) is 13.7. The molecule has 0 fully saturated rings. The fraction of sp³-hybridized carbons (Fsp3) is 0.833. The highest BCUT2D eigenvalue weighted by Gasteiger charge is 2.36. The zero-order valence-corrected chi connectivity index (χ0v) is 11.2. The highest BCUT2D eigenvalue weighted by Crippen LogP contribution is 2.26. The normalized spacial score (nSPS) is 12.3. The van der Waals surface area contributed by atoms with Crippen molar-refractivity contribution in [2.45, 2.75) is 40.5 Å². The van der Waals surface area contributed by atoms with Gasteiger partial charge in [-0.2, -0.15) is 0 Å². The molecule has 4 N–H and O–H groups in total. The number of carboxylic acid groups (broad SMARTS) is 1. The van der Waals surface area contributed by atoms with Crippen LogP contribution in [0.4, 0.5) is 0 Å². The van der Waals surface area contributed by atoms with Crippen molar-refractivity contribution < 1.29 is 14.7 Å². The number of hydrogen-bond acceptors (Lipinski definition) is 3. The summed E-state index contributed by atoms with van der Waals surface area (Å²) in [5.41, 5.74) is 3.96. The average Bonchev–Trinajstić information content (AvgIpc) is 2.30. The topological polar surface area (TPSA) is 92.4 Å². The fourth-order valence-corrected chi connectivity index (χ4v) is 1.46. The maximum Gasteiger partial charge on any atom is 0.311 e. The minimum Gasteiger partial charge on any atom is -0.481 e. The predicted octanol–water partition coefficient (Wildman–Crippen LogP) is 0.979. The molecule has 0 aliphatic rings. The number of nitrogens with two attached hydrogens (primary N) is 1. The summed E-state index contributed by atoms with van der Waals surface area (Å²) in [6.45, 7) is 7.50. The Bertz CT molecular complexity index is 283. The van der Waals surface area contributed by atoms with Gasteiger partial charge < -0.3 is 16.2 Å². The molecule has 5 nitrogen and oxygen atoms in total. The first-order chi connectivity index (χ1) is 7.75. The molecule has 0 saturated heterocycles. The molecule has 100 valence electrons. The molecule has 0 aromatic heterocycles. The Morgan fingerprint density at radius 3 is 2.00 bits per heavy atom. The molecule has 0 saturated carbocycles. The standard InChI is InChI=1S/C12H24N2O3/c1-5-12(6-2,10(16)17)8-14-9(15)11(3,4)7-13/h5-8,13H2,1-4H3,(H,14,15)(H,16,17). The van der Waals surface area contributed by atoms with Gasteiger partial charge >= 0.3 is 5.97 Å². The number of aliphatic carboxylic acids is 1. The molecule has 5 heteroatoms. The first kappa shape index (κ1) is 15.9. The largest absolute Gasteiger partial charge is 0.481 e. The summed E-state index contributed by atoms with van der Waals surface area (Å²) < 4.78 is 0. The summed E-state index contributed by atoms with van der Waals surface area (Å²) in [5, 5.41) is 11.9. The lowest BCUT2D eigenvalue weighted by Crippen LogP contribution is -2.48. The van der Waals surface area contributed by atoms with Crippen molar-refractivity contribution in [2.75, 3.05) is 13.1 Å². The van der Waals surface area contributed by atoms with Gasteiger partial charge in [0.1, 0.15) is 0 Å². The number of hydrogen-bond donors (Lipinski definition) is 3. The molecule has 0 aliphatic carbocycles. The molecule has 0 atom stereocenters. The quantitative estimate of drug-likeness (QED) is 0.622. The Morgan fingerprint density at radius 1 is 1.24 bits per heavy atom. The SMILES string of the molecule is CCC(CC)(CNC(=O)C(C)(C)CN)C(=O)O. The van der Waals surface area contributed by atoms with Gasteiger partial charge in [0.05, 0.1) is 10.8 Å². The van der Waals surface area contributed by atoms with E-state index in [2.05, 4.69) is 5.32 Å². The smallest absolute Gasteiger partial charge is 0.311 e. The summed E-state index contributed by atoms with van der Waals surface area (Å²) in [5.74, 6) is -1.07. The second kappa shape index (κ2) is 6.00. The summed E-state index contributed by atoms with van der Waals surface area (Å²) in [4.78, 5) is 23.1. The Labute approximate surface area is 103 Å². The predicted molar refractivity (Wildman–Crippen MR) is 66.5 cm³/mol. The van der Waals surface area contributed by atoms with Gasteiger partial charge in [-0.1, -0.05) is 13.8 Å². The first-order valence-electron chi connectivity index (χ1n) is 5.97. The van der Waals surface area contributed by atoms with Gasteiger partial charge in [-0.25, -0.2) is 0 Å². The van der Waals surface area contributed by atoms with Gasteiger partial charge in [0.2, 0.25) is 5.91 Å². The van der Waals surface area contributed by atoms with Crippen molar-refractivity contribution in [1.82, 2.24) is 5.32 Å². The van der Waals surface area contributed by atoms with Gasteiger partial charge in [0.25, 0.3) is 0 Å². The second-order valence-electron chi connectivity index (χ2n) is 5.06. The van der Waals surface area contributed by atoms with Gasteiger partial charge in [-0.3, -0.25) is 9.59 Å². The molecule has 1 amide bonds. The fourth-order valence-electron chi connectivity index (χ4n) is 1.46. The molecular weight excluding hydrogens is 220 g/mol. The Hall–Kier alpha value is -1.10. The number of carboxylic acids is 1.